The molecule has 1 saturated heterocycles. The highest BCUT2D eigenvalue weighted by Gasteiger charge is 2.27. The van der Waals surface area contributed by atoms with Gasteiger partial charge in [0.05, 0.1) is 59.3 Å². The van der Waals surface area contributed by atoms with Crippen molar-refractivity contribution in [3.05, 3.63) is 71.1 Å². The van der Waals surface area contributed by atoms with Gasteiger partial charge in [-0.15, -0.1) is 11.3 Å². The predicted molar refractivity (Wildman–Crippen MR) is 123 cm³/mol. The van der Waals surface area contributed by atoms with Crippen molar-refractivity contribution in [2.75, 3.05) is 26.8 Å². The first-order chi connectivity index (χ1) is 15.6. The van der Waals surface area contributed by atoms with E-state index in [2.05, 4.69) is 9.97 Å². The molecule has 1 atom stereocenters. The van der Waals surface area contributed by atoms with E-state index < -0.39 is 0 Å². The molecule has 0 radical (unpaired) electrons. The van der Waals surface area contributed by atoms with Gasteiger partial charge < -0.3 is 14.4 Å². The third-order valence-corrected chi connectivity index (χ3v) is 6.38. The van der Waals surface area contributed by atoms with Crippen molar-refractivity contribution in [3.8, 4) is 17.0 Å². The molecule has 2 aromatic carbocycles. The summed E-state index contributed by atoms with van der Waals surface area (Å²) in [7, 11) is 1.64. The Morgan fingerprint density at radius 1 is 1.19 bits per heavy atom. The molecule has 0 spiro atoms. The molecule has 2 aromatic heterocycles. The number of hydrogen-bond donors (Lipinski definition) is 0. The number of fused-ring (bicyclic) bond motifs is 1. The summed E-state index contributed by atoms with van der Waals surface area (Å²) in [6.07, 6.45) is 3.09. The maximum Gasteiger partial charge on any atom is 0.254 e. The molecule has 3 heterocycles. The molecule has 0 bridgehead atoms. The summed E-state index contributed by atoms with van der Waals surface area (Å²) in [5.41, 5.74) is 3.94. The Balaban J connectivity index is 1.37. The van der Waals surface area contributed by atoms with E-state index in [0.29, 0.717) is 31.0 Å². The minimum absolute atomic E-state index is 0.0110. The number of methoxy groups -OCH3 is 1. The fourth-order valence-corrected chi connectivity index (χ4v) is 4.69. The molecule has 32 heavy (non-hydrogen) atoms. The Labute approximate surface area is 189 Å². The van der Waals surface area contributed by atoms with Crippen LogP contribution in [-0.2, 0) is 4.74 Å². The first-order valence-electron chi connectivity index (χ1n) is 10.3. The lowest BCUT2D eigenvalue weighted by Crippen LogP contribution is -2.42. The molecule has 1 aliphatic heterocycles. The van der Waals surface area contributed by atoms with Gasteiger partial charge >= 0.3 is 0 Å². The summed E-state index contributed by atoms with van der Waals surface area (Å²) in [4.78, 5) is 28.6. The summed E-state index contributed by atoms with van der Waals surface area (Å²) in [5, 5.41) is 0.991. The molecule has 1 fully saturated rings. The van der Waals surface area contributed by atoms with Gasteiger partial charge in [0.15, 0.2) is 0 Å². The minimum Gasteiger partial charge on any atom is -0.497 e. The summed E-state index contributed by atoms with van der Waals surface area (Å²) < 4.78 is 12.3. The van der Waals surface area contributed by atoms with Gasteiger partial charge in [0.2, 0.25) is 0 Å². The van der Waals surface area contributed by atoms with E-state index in [0.717, 1.165) is 32.2 Å². The number of rotatable bonds is 4. The van der Waals surface area contributed by atoms with Crippen molar-refractivity contribution in [2.24, 2.45) is 0 Å². The molecule has 0 aliphatic carbocycles. The van der Waals surface area contributed by atoms with Crippen LogP contribution in [0.3, 0.4) is 0 Å². The Bertz CT molecular complexity index is 1290. The van der Waals surface area contributed by atoms with E-state index in [9.17, 15) is 4.79 Å². The molecule has 162 valence electrons. The van der Waals surface area contributed by atoms with Crippen molar-refractivity contribution in [3.63, 3.8) is 0 Å². The highest BCUT2D eigenvalue weighted by atomic mass is 32.1. The maximum atomic E-state index is 13.2. The summed E-state index contributed by atoms with van der Waals surface area (Å²) in [5.74, 6) is 0.747. The number of carbonyl (C=O) groups is 1. The molecule has 0 unspecified atom stereocenters. The van der Waals surface area contributed by atoms with Gasteiger partial charge in [0.25, 0.3) is 5.91 Å². The number of amides is 1. The topological polar surface area (TPSA) is 77.4 Å². The standard InChI is InChI=1S/C24H22N4O3S/c1-15-26-19-7-6-17(11-23(19)32-15)24(29)28-8-9-31-22(14-28)21-13-25-12-20(27-21)16-4-3-5-18(10-16)30-2/h3-7,10-13,22H,8-9,14H2,1-2H3/t22-/m1/s1. The fraction of sp³-hybridized carbons (Fsp3) is 0.250. The van der Waals surface area contributed by atoms with Crippen molar-refractivity contribution < 1.29 is 14.3 Å². The van der Waals surface area contributed by atoms with Crippen LogP contribution in [0.5, 0.6) is 5.75 Å². The summed E-state index contributed by atoms with van der Waals surface area (Å²) in [6, 6.07) is 13.4. The van der Waals surface area contributed by atoms with Crippen LogP contribution in [0, 0.1) is 6.92 Å². The average molecular weight is 447 g/mol. The molecule has 1 amide bonds. The molecule has 7 nitrogen and oxygen atoms in total. The van der Waals surface area contributed by atoms with Gasteiger partial charge in [0.1, 0.15) is 11.9 Å². The minimum atomic E-state index is -0.333. The smallest absolute Gasteiger partial charge is 0.254 e. The van der Waals surface area contributed by atoms with Gasteiger partial charge in [-0.3, -0.25) is 9.78 Å². The Kier molecular flexibility index (Phi) is 5.55. The van der Waals surface area contributed by atoms with Crippen LogP contribution in [0.2, 0.25) is 0 Å². The number of aryl methyl sites for hydroxylation is 1. The molecule has 8 heteroatoms. The van der Waals surface area contributed by atoms with E-state index in [4.69, 9.17) is 14.5 Å². The van der Waals surface area contributed by atoms with E-state index in [1.807, 2.05) is 54.3 Å². The third kappa shape index (κ3) is 4.06. The third-order valence-electron chi connectivity index (χ3n) is 5.44. The number of aromatic nitrogens is 3. The number of nitrogens with zero attached hydrogens (tertiary/aromatic N) is 4. The number of benzene rings is 2. The van der Waals surface area contributed by atoms with Crippen molar-refractivity contribution in [1.29, 1.82) is 0 Å². The van der Waals surface area contributed by atoms with E-state index in [1.54, 1.807) is 30.8 Å². The molecular formula is C24H22N4O3S. The second-order valence-corrected chi connectivity index (χ2v) is 8.82. The lowest BCUT2D eigenvalue weighted by molar-refractivity contribution is -0.0248. The van der Waals surface area contributed by atoms with E-state index in [-0.39, 0.29) is 12.0 Å². The second-order valence-electron chi connectivity index (χ2n) is 7.59. The number of hydrogen-bond acceptors (Lipinski definition) is 7. The lowest BCUT2D eigenvalue weighted by atomic mass is 10.1. The summed E-state index contributed by atoms with van der Waals surface area (Å²) >= 11 is 1.60. The largest absolute Gasteiger partial charge is 0.497 e. The zero-order chi connectivity index (χ0) is 22.1. The lowest BCUT2D eigenvalue weighted by Gasteiger charge is -2.32. The normalized spacial score (nSPS) is 16.3. The van der Waals surface area contributed by atoms with Gasteiger partial charge in [-0.25, -0.2) is 9.97 Å². The predicted octanol–water partition coefficient (Wildman–Crippen LogP) is 4.28. The molecule has 0 N–H and O–H groups in total. The maximum absolute atomic E-state index is 13.2. The van der Waals surface area contributed by atoms with Crippen LogP contribution in [0.15, 0.2) is 54.9 Å². The zero-order valence-corrected chi connectivity index (χ0v) is 18.6. The Morgan fingerprint density at radius 3 is 2.97 bits per heavy atom. The van der Waals surface area contributed by atoms with Crippen LogP contribution in [0.4, 0.5) is 0 Å². The fourth-order valence-electron chi connectivity index (χ4n) is 3.83. The molecule has 4 aromatic rings. The highest BCUT2D eigenvalue weighted by molar-refractivity contribution is 7.18. The van der Waals surface area contributed by atoms with E-state index in [1.165, 1.54) is 0 Å². The van der Waals surface area contributed by atoms with E-state index >= 15 is 0 Å². The average Bonchev–Trinajstić information content (AvgIpc) is 3.23. The zero-order valence-electron chi connectivity index (χ0n) is 17.8. The SMILES string of the molecule is COc1cccc(-c2cncc([C@H]3CN(C(=O)c4ccc5nc(C)sc5c4)CCO3)n2)c1. The van der Waals surface area contributed by atoms with Crippen LogP contribution in [0.1, 0.15) is 27.2 Å². The van der Waals surface area contributed by atoms with Crippen molar-refractivity contribution >= 4 is 27.5 Å². The van der Waals surface area contributed by atoms with Crippen LogP contribution >= 0.6 is 11.3 Å². The van der Waals surface area contributed by atoms with Gasteiger partial charge in [0, 0.05) is 17.7 Å². The summed E-state index contributed by atoms with van der Waals surface area (Å²) in [6.45, 7) is 3.38. The van der Waals surface area contributed by atoms with Crippen molar-refractivity contribution in [1.82, 2.24) is 19.9 Å². The van der Waals surface area contributed by atoms with Crippen molar-refractivity contribution in [2.45, 2.75) is 13.0 Å². The monoisotopic (exact) mass is 446 g/mol. The Hall–Kier alpha value is -3.36. The van der Waals surface area contributed by atoms with Crippen LogP contribution in [0.25, 0.3) is 21.5 Å². The first-order valence-corrected chi connectivity index (χ1v) is 11.2. The number of thiazole rings is 1. The number of ether oxygens (including phenoxy) is 2. The molecule has 0 saturated carbocycles. The van der Waals surface area contributed by atoms with Gasteiger partial charge in [-0.05, 0) is 37.3 Å². The molecule has 5 rings (SSSR count). The Morgan fingerprint density at radius 2 is 2.09 bits per heavy atom. The van der Waals surface area contributed by atoms with Crippen LogP contribution in [-0.4, -0.2) is 52.6 Å². The number of morpholine rings is 1. The number of carbonyl (C=O) groups excluding carboxylic acids is 1. The quantitative estimate of drug-likeness (QED) is 0.466. The first kappa shape index (κ1) is 20.5. The van der Waals surface area contributed by atoms with Crippen LogP contribution < -0.4 is 4.74 Å². The van der Waals surface area contributed by atoms with Gasteiger partial charge in [-0.1, -0.05) is 12.1 Å². The second kappa shape index (κ2) is 8.64. The highest BCUT2D eigenvalue weighted by Crippen LogP contribution is 2.27. The molecule has 1 aliphatic rings. The van der Waals surface area contributed by atoms with Gasteiger partial charge in [-0.2, -0.15) is 0 Å². The molecular weight excluding hydrogens is 424 g/mol.